The third-order valence-electron chi connectivity index (χ3n) is 3.57. The van der Waals surface area contributed by atoms with Crippen LogP contribution in [0.5, 0.6) is 0 Å². The maximum Gasteiger partial charge on any atom is 0.272 e. The Morgan fingerprint density at radius 1 is 1.21 bits per heavy atom. The predicted molar refractivity (Wildman–Crippen MR) is 87.6 cm³/mol. The van der Waals surface area contributed by atoms with Crippen LogP contribution in [0.4, 0.5) is 10.1 Å². The molecule has 24 heavy (non-hydrogen) atoms. The molecule has 4 rings (SSSR count). The largest absolute Gasteiger partial charge is 0.351 e. The monoisotopic (exact) mass is 321 g/mol. The molecule has 0 aliphatic carbocycles. The van der Waals surface area contributed by atoms with E-state index in [2.05, 4.69) is 20.4 Å². The fraction of sp³-hybridized carbons (Fsp3) is 0. The van der Waals surface area contributed by atoms with Crippen molar-refractivity contribution in [1.82, 2.24) is 19.7 Å². The maximum atomic E-state index is 13.2. The van der Waals surface area contributed by atoms with Gasteiger partial charge in [0.25, 0.3) is 5.91 Å². The van der Waals surface area contributed by atoms with E-state index in [1.807, 2.05) is 0 Å². The number of nitrogens with zero attached hydrogens (tertiary/aromatic N) is 3. The van der Waals surface area contributed by atoms with Crippen molar-refractivity contribution in [3.63, 3.8) is 0 Å². The number of aromatic amines is 1. The number of hydrogen-bond donors (Lipinski definition) is 2. The van der Waals surface area contributed by atoms with E-state index in [1.54, 1.807) is 53.6 Å². The summed E-state index contributed by atoms with van der Waals surface area (Å²) in [5.41, 5.74) is 1.61. The van der Waals surface area contributed by atoms with Crippen molar-refractivity contribution < 1.29 is 9.18 Å². The molecule has 118 valence electrons. The number of pyridine rings is 1. The molecule has 0 unspecified atom stereocenters. The van der Waals surface area contributed by atoms with Gasteiger partial charge >= 0.3 is 0 Å². The molecule has 0 spiro atoms. The number of benzene rings is 1. The quantitative estimate of drug-likeness (QED) is 0.608. The zero-order valence-electron chi connectivity index (χ0n) is 12.4. The third-order valence-corrected chi connectivity index (χ3v) is 3.57. The van der Waals surface area contributed by atoms with Crippen molar-refractivity contribution in [2.75, 3.05) is 5.32 Å². The second kappa shape index (κ2) is 5.62. The molecule has 1 aromatic carbocycles. The average Bonchev–Trinajstić information content (AvgIpc) is 3.24. The van der Waals surface area contributed by atoms with Crippen LogP contribution in [0.3, 0.4) is 0 Å². The number of hydrogen-bond acceptors (Lipinski definition) is 3. The number of fused-ring (bicyclic) bond motifs is 1. The van der Waals surface area contributed by atoms with Crippen LogP contribution in [0.2, 0.25) is 0 Å². The zero-order chi connectivity index (χ0) is 16.5. The van der Waals surface area contributed by atoms with Gasteiger partial charge in [-0.05, 0) is 42.5 Å². The summed E-state index contributed by atoms with van der Waals surface area (Å²) < 4.78 is 14.8. The van der Waals surface area contributed by atoms with Crippen LogP contribution in [0.1, 0.15) is 10.5 Å². The van der Waals surface area contributed by atoms with E-state index in [0.717, 1.165) is 0 Å². The van der Waals surface area contributed by atoms with Crippen LogP contribution in [-0.4, -0.2) is 25.7 Å². The van der Waals surface area contributed by atoms with E-state index >= 15 is 0 Å². The minimum absolute atomic E-state index is 0.319. The Hall–Kier alpha value is -3.48. The predicted octanol–water partition coefficient (Wildman–Crippen LogP) is 3.14. The van der Waals surface area contributed by atoms with E-state index in [9.17, 15) is 9.18 Å². The summed E-state index contributed by atoms with van der Waals surface area (Å²) in [4.78, 5) is 19.5. The van der Waals surface area contributed by atoms with E-state index in [1.165, 1.54) is 12.1 Å². The van der Waals surface area contributed by atoms with Crippen LogP contribution >= 0.6 is 0 Å². The molecule has 3 aromatic heterocycles. The molecule has 1 amide bonds. The Bertz CT molecular complexity index is 1010. The molecule has 6 nitrogen and oxygen atoms in total. The van der Waals surface area contributed by atoms with Crippen LogP contribution < -0.4 is 5.32 Å². The van der Waals surface area contributed by atoms with Gasteiger partial charge in [0.1, 0.15) is 11.5 Å². The lowest BCUT2D eigenvalue weighted by Crippen LogP contribution is -2.12. The standard InChI is InChI=1S/C17H12FN5O/c18-12-2-4-14-11(8-12)9-15(22-14)17(24)21-13-3-5-16(19-10-13)23-7-1-6-20-23/h1-10,22H,(H,21,24). The van der Waals surface area contributed by atoms with Crippen molar-refractivity contribution in [1.29, 1.82) is 0 Å². The number of halogens is 1. The molecule has 4 aromatic rings. The van der Waals surface area contributed by atoms with Gasteiger partial charge in [-0.15, -0.1) is 0 Å². The first-order valence-electron chi connectivity index (χ1n) is 7.25. The van der Waals surface area contributed by atoms with E-state index in [0.29, 0.717) is 28.1 Å². The van der Waals surface area contributed by atoms with Gasteiger partial charge in [0.05, 0.1) is 11.9 Å². The Morgan fingerprint density at radius 2 is 2.12 bits per heavy atom. The number of anilines is 1. The summed E-state index contributed by atoms with van der Waals surface area (Å²) in [6.07, 6.45) is 5.00. The van der Waals surface area contributed by atoms with Gasteiger partial charge in [-0.1, -0.05) is 0 Å². The lowest BCUT2D eigenvalue weighted by molar-refractivity contribution is 0.102. The van der Waals surface area contributed by atoms with Gasteiger partial charge in [0.2, 0.25) is 0 Å². The fourth-order valence-corrected chi connectivity index (χ4v) is 2.42. The van der Waals surface area contributed by atoms with Gasteiger partial charge in [-0.2, -0.15) is 5.10 Å². The minimum Gasteiger partial charge on any atom is -0.351 e. The molecule has 0 saturated carbocycles. The highest BCUT2D eigenvalue weighted by Gasteiger charge is 2.10. The molecular weight excluding hydrogens is 309 g/mol. The molecular formula is C17H12FN5O. The normalized spacial score (nSPS) is 10.9. The highest BCUT2D eigenvalue weighted by Crippen LogP contribution is 2.18. The minimum atomic E-state index is -0.341. The number of aromatic nitrogens is 4. The molecule has 3 heterocycles. The van der Waals surface area contributed by atoms with Crippen molar-refractivity contribution in [3.05, 3.63) is 72.6 Å². The van der Waals surface area contributed by atoms with Crippen molar-refractivity contribution in [2.45, 2.75) is 0 Å². The molecule has 0 aliphatic rings. The fourth-order valence-electron chi connectivity index (χ4n) is 2.42. The third kappa shape index (κ3) is 2.63. The van der Waals surface area contributed by atoms with Gasteiger partial charge < -0.3 is 10.3 Å². The SMILES string of the molecule is O=C(Nc1ccc(-n2cccn2)nc1)c1cc2cc(F)ccc2[nH]1. The molecule has 2 N–H and O–H groups in total. The smallest absolute Gasteiger partial charge is 0.272 e. The Balaban J connectivity index is 1.54. The molecule has 0 fully saturated rings. The summed E-state index contributed by atoms with van der Waals surface area (Å²) in [6.45, 7) is 0. The summed E-state index contributed by atoms with van der Waals surface area (Å²) in [5.74, 6) is -0.00815. The first kappa shape index (κ1) is 14.1. The first-order chi connectivity index (χ1) is 11.7. The first-order valence-corrected chi connectivity index (χ1v) is 7.25. The van der Waals surface area contributed by atoms with E-state index in [-0.39, 0.29) is 11.7 Å². The summed E-state index contributed by atoms with van der Waals surface area (Å²) in [6, 6.07) is 11.2. The van der Waals surface area contributed by atoms with Gasteiger partial charge in [0, 0.05) is 23.3 Å². The molecule has 0 aliphatic heterocycles. The van der Waals surface area contributed by atoms with Crippen molar-refractivity contribution in [3.8, 4) is 5.82 Å². The van der Waals surface area contributed by atoms with Gasteiger partial charge in [-0.3, -0.25) is 4.79 Å². The second-order valence-electron chi connectivity index (χ2n) is 5.22. The van der Waals surface area contributed by atoms with E-state index < -0.39 is 0 Å². The molecule has 0 bridgehead atoms. The summed E-state index contributed by atoms with van der Waals surface area (Å²) in [5, 5.41) is 7.48. The number of carbonyl (C=O) groups excluding carboxylic acids is 1. The van der Waals surface area contributed by atoms with Crippen LogP contribution in [-0.2, 0) is 0 Å². The van der Waals surface area contributed by atoms with Gasteiger partial charge in [0.15, 0.2) is 5.82 Å². The average molecular weight is 321 g/mol. The lowest BCUT2D eigenvalue weighted by atomic mass is 10.2. The molecule has 0 radical (unpaired) electrons. The molecule has 0 atom stereocenters. The topological polar surface area (TPSA) is 75.6 Å². The highest BCUT2D eigenvalue weighted by atomic mass is 19.1. The number of H-pyrrole nitrogens is 1. The Labute approximate surface area is 136 Å². The summed E-state index contributed by atoms with van der Waals surface area (Å²) >= 11 is 0. The number of amides is 1. The Kier molecular flexibility index (Phi) is 3.31. The maximum absolute atomic E-state index is 13.2. The van der Waals surface area contributed by atoms with E-state index in [4.69, 9.17) is 0 Å². The van der Waals surface area contributed by atoms with Crippen molar-refractivity contribution in [2.24, 2.45) is 0 Å². The zero-order valence-corrected chi connectivity index (χ0v) is 12.4. The van der Waals surface area contributed by atoms with Crippen LogP contribution in [0.25, 0.3) is 16.7 Å². The summed E-state index contributed by atoms with van der Waals surface area (Å²) in [7, 11) is 0. The lowest BCUT2D eigenvalue weighted by Gasteiger charge is -2.05. The Morgan fingerprint density at radius 3 is 2.88 bits per heavy atom. The highest BCUT2D eigenvalue weighted by molar-refractivity contribution is 6.05. The molecule has 0 saturated heterocycles. The number of rotatable bonds is 3. The van der Waals surface area contributed by atoms with Crippen molar-refractivity contribution >= 4 is 22.5 Å². The van der Waals surface area contributed by atoms with Gasteiger partial charge in [-0.25, -0.2) is 14.1 Å². The number of carbonyl (C=O) groups is 1. The molecule has 7 heteroatoms. The van der Waals surface area contributed by atoms with Crippen LogP contribution in [0.15, 0.2) is 61.1 Å². The van der Waals surface area contributed by atoms with Crippen LogP contribution in [0, 0.1) is 5.82 Å². The number of nitrogens with one attached hydrogen (secondary N) is 2. The second-order valence-corrected chi connectivity index (χ2v) is 5.22.